The minimum Gasteiger partial charge on any atom is -0.350 e. The zero-order valence-electron chi connectivity index (χ0n) is 11.9. The first-order valence-electron chi connectivity index (χ1n) is 6.12. The molecular weight excluding hydrogens is 246 g/mol. The lowest BCUT2D eigenvalue weighted by Crippen LogP contribution is -2.30. The molecule has 7 heteroatoms. The Morgan fingerprint density at radius 3 is 2.53 bits per heavy atom. The third kappa shape index (κ3) is 2.84. The molecule has 1 aromatic heterocycles. The number of hydrogen-bond donors (Lipinski definition) is 0. The van der Waals surface area contributed by atoms with Crippen LogP contribution in [-0.2, 0) is 7.05 Å². The number of aromatic nitrogens is 2. The van der Waals surface area contributed by atoms with Gasteiger partial charge in [0.2, 0.25) is 5.82 Å². The highest BCUT2D eigenvalue weighted by molar-refractivity contribution is 5.62. The highest BCUT2D eigenvalue weighted by atomic mass is 16.6. The van der Waals surface area contributed by atoms with Gasteiger partial charge in [-0.3, -0.25) is 10.1 Å². The molecule has 1 rings (SSSR count). The number of nitro groups is 1. The average Bonchev–Trinajstić information content (AvgIpc) is 2.66. The first kappa shape index (κ1) is 15.0. The number of rotatable bonds is 5. The van der Waals surface area contributed by atoms with Crippen LogP contribution in [-0.4, -0.2) is 27.8 Å². The van der Waals surface area contributed by atoms with E-state index in [4.69, 9.17) is 5.26 Å². The summed E-state index contributed by atoms with van der Waals surface area (Å²) in [6, 6.07) is 1.96. The normalized spacial score (nSPS) is 12.3. The van der Waals surface area contributed by atoms with Gasteiger partial charge in [0.25, 0.3) is 0 Å². The van der Waals surface area contributed by atoms with E-state index >= 15 is 0 Å². The molecule has 104 valence electrons. The highest BCUT2D eigenvalue weighted by Gasteiger charge is 2.31. The molecule has 1 heterocycles. The summed E-state index contributed by atoms with van der Waals surface area (Å²) in [5, 5.41) is 24.3. The largest absolute Gasteiger partial charge is 0.350 e. The number of anilines is 1. The molecular formula is C12H19N5O2. The molecule has 0 N–H and O–H groups in total. The van der Waals surface area contributed by atoms with E-state index < -0.39 is 4.92 Å². The van der Waals surface area contributed by atoms with Crippen LogP contribution < -0.4 is 4.90 Å². The maximum atomic E-state index is 11.3. The standard InChI is InChI=1S/C12H19N5O2/c1-8(2)10-11(17(18)19)12(16(5)14-10)15(4)9(3)6-7-13/h8-9H,6H2,1-5H3. The van der Waals surface area contributed by atoms with E-state index in [1.165, 1.54) is 4.68 Å². The molecule has 0 amide bonds. The summed E-state index contributed by atoms with van der Waals surface area (Å²) in [7, 11) is 3.43. The molecule has 0 aromatic carbocycles. The third-order valence-electron chi connectivity index (χ3n) is 3.13. The zero-order chi connectivity index (χ0) is 14.7. The van der Waals surface area contributed by atoms with Crippen LogP contribution in [0.3, 0.4) is 0 Å². The second-order valence-electron chi connectivity index (χ2n) is 4.92. The van der Waals surface area contributed by atoms with Gasteiger partial charge in [0.15, 0.2) is 0 Å². The molecule has 0 aliphatic rings. The first-order chi connectivity index (χ1) is 8.81. The number of aryl methyl sites for hydroxylation is 1. The van der Waals surface area contributed by atoms with Crippen molar-refractivity contribution >= 4 is 11.5 Å². The van der Waals surface area contributed by atoms with E-state index in [1.807, 2.05) is 20.8 Å². The summed E-state index contributed by atoms with van der Waals surface area (Å²) in [6.07, 6.45) is 0.301. The van der Waals surface area contributed by atoms with Gasteiger partial charge in [-0.05, 0) is 6.92 Å². The molecule has 7 nitrogen and oxygen atoms in total. The molecule has 0 aliphatic carbocycles. The molecule has 0 radical (unpaired) electrons. The van der Waals surface area contributed by atoms with Crippen LogP contribution in [0.5, 0.6) is 0 Å². The zero-order valence-corrected chi connectivity index (χ0v) is 11.9. The topological polar surface area (TPSA) is 88.0 Å². The molecule has 0 saturated carbocycles. The van der Waals surface area contributed by atoms with Gasteiger partial charge >= 0.3 is 5.69 Å². The van der Waals surface area contributed by atoms with E-state index in [0.29, 0.717) is 17.9 Å². The Balaban J connectivity index is 3.35. The fourth-order valence-electron chi connectivity index (χ4n) is 1.96. The van der Waals surface area contributed by atoms with Gasteiger partial charge in [-0.1, -0.05) is 13.8 Å². The quantitative estimate of drug-likeness (QED) is 0.601. The van der Waals surface area contributed by atoms with Crippen molar-refractivity contribution in [3.05, 3.63) is 15.8 Å². The van der Waals surface area contributed by atoms with E-state index in [9.17, 15) is 10.1 Å². The van der Waals surface area contributed by atoms with Crippen LogP contribution in [0.1, 0.15) is 38.8 Å². The van der Waals surface area contributed by atoms with Crippen molar-refractivity contribution in [2.75, 3.05) is 11.9 Å². The first-order valence-corrected chi connectivity index (χ1v) is 6.12. The molecule has 0 aliphatic heterocycles. The maximum Gasteiger partial charge on any atom is 0.334 e. The third-order valence-corrected chi connectivity index (χ3v) is 3.13. The van der Waals surface area contributed by atoms with E-state index in [0.717, 1.165) is 0 Å². The minimum absolute atomic E-state index is 0.0278. The fraction of sp³-hybridized carbons (Fsp3) is 0.667. The fourth-order valence-corrected chi connectivity index (χ4v) is 1.96. The van der Waals surface area contributed by atoms with Gasteiger partial charge in [0, 0.05) is 26.1 Å². The lowest BCUT2D eigenvalue weighted by atomic mass is 10.1. The Morgan fingerprint density at radius 1 is 1.53 bits per heavy atom. The Labute approximate surface area is 112 Å². The van der Waals surface area contributed by atoms with Crippen molar-refractivity contribution in [1.29, 1.82) is 5.26 Å². The summed E-state index contributed by atoms with van der Waals surface area (Å²) in [5.74, 6) is 0.413. The smallest absolute Gasteiger partial charge is 0.334 e. The maximum absolute atomic E-state index is 11.3. The molecule has 0 spiro atoms. The van der Waals surface area contributed by atoms with Crippen molar-refractivity contribution in [3.63, 3.8) is 0 Å². The SMILES string of the molecule is CC(C)c1nn(C)c(N(C)C(C)CC#N)c1[N+](=O)[O-]. The lowest BCUT2D eigenvalue weighted by Gasteiger charge is -2.23. The van der Waals surface area contributed by atoms with Gasteiger partial charge in [-0.2, -0.15) is 10.4 Å². The summed E-state index contributed by atoms with van der Waals surface area (Å²) in [4.78, 5) is 12.6. The van der Waals surface area contributed by atoms with Gasteiger partial charge in [-0.25, -0.2) is 4.68 Å². The van der Waals surface area contributed by atoms with Crippen LogP contribution in [0.2, 0.25) is 0 Å². The molecule has 0 bridgehead atoms. The molecule has 1 unspecified atom stereocenters. The van der Waals surface area contributed by atoms with Crippen molar-refractivity contribution in [3.8, 4) is 6.07 Å². The van der Waals surface area contributed by atoms with Crippen LogP contribution in [0.25, 0.3) is 0 Å². The van der Waals surface area contributed by atoms with E-state index in [-0.39, 0.29) is 17.6 Å². The molecule has 1 aromatic rings. The second kappa shape index (κ2) is 5.69. The summed E-state index contributed by atoms with van der Waals surface area (Å²) >= 11 is 0. The lowest BCUT2D eigenvalue weighted by molar-refractivity contribution is -0.385. The van der Waals surface area contributed by atoms with Gasteiger partial charge < -0.3 is 4.90 Å². The van der Waals surface area contributed by atoms with Crippen molar-refractivity contribution in [2.24, 2.45) is 7.05 Å². The summed E-state index contributed by atoms with van der Waals surface area (Å²) in [6.45, 7) is 5.60. The predicted molar refractivity (Wildman–Crippen MR) is 72.0 cm³/mol. The van der Waals surface area contributed by atoms with E-state index in [1.54, 1.807) is 19.0 Å². The van der Waals surface area contributed by atoms with Gasteiger partial charge in [0.1, 0.15) is 5.69 Å². The van der Waals surface area contributed by atoms with Crippen LogP contribution >= 0.6 is 0 Å². The number of nitrogens with zero attached hydrogens (tertiary/aromatic N) is 5. The Hall–Kier alpha value is -2.10. The molecule has 0 saturated heterocycles. The van der Waals surface area contributed by atoms with Crippen molar-refractivity contribution in [1.82, 2.24) is 9.78 Å². The highest BCUT2D eigenvalue weighted by Crippen LogP contribution is 2.35. The average molecular weight is 265 g/mol. The summed E-state index contributed by atoms with van der Waals surface area (Å²) < 4.78 is 1.52. The monoisotopic (exact) mass is 265 g/mol. The minimum atomic E-state index is -0.396. The summed E-state index contributed by atoms with van der Waals surface area (Å²) in [5.41, 5.74) is 0.503. The Bertz CT molecular complexity index is 515. The predicted octanol–water partition coefficient (Wildman–Crippen LogP) is 2.19. The number of nitriles is 1. The second-order valence-corrected chi connectivity index (χ2v) is 4.92. The van der Waals surface area contributed by atoms with Gasteiger partial charge in [-0.15, -0.1) is 0 Å². The number of hydrogen-bond acceptors (Lipinski definition) is 5. The molecule has 0 fully saturated rings. The van der Waals surface area contributed by atoms with Gasteiger partial charge in [0.05, 0.1) is 17.4 Å². The van der Waals surface area contributed by atoms with E-state index in [2.05, 4.69) is 11.2 Å². The van der Waals surface area contributed by atoms with Crippen LogP contribution in [0, 0.1) is 21.4 Å². The molecule has 1 atom stereocenters. The van der Waals surface area contributed by atoms with Crippen LogP contribution in [0.15, 0.2) is 0 Å². The van der Waals surface area contributed by atoms with Crippen LogP contribution in [0.4, 0.5) is 11.5 Å². The van der Waals surface area contributed by atoms with Crippen molar-refractivity contribution < 1.29 is 4.92 Å². The van der Waals surface area contributed by atoms with Crippen molar-refractivity contribution in [2.45, 2.75) is 39.2 Å². The Morgan fingerprint density at radius 2 is 2.11 bits per heavy atom. The molecule has 19 heavy (non-hydrogen) atoms. The Kier molecular flexibility index (Phi) is 4.48.